The second-order valence-electron chi connectivity index (χ2n) is 1.40. The maximum atomic E-state index is 9.86. The van der Waals surface area contributed by atoms with Crippen LogP contribution in [-0.2, 0) is 4.79 Å². The molecule has 0 unspecified atom stereocenters. The van der Waals surface area contributed by atoms with Crippen molar-refractivity contribution in [1.29, 1.82) is 0 Å². The first kappa shape index (κ1) is 7.61. The fourth-order valence-electron chi connectivity index (χ4n) is 0.213. The molecule has 1 N–H and O–H groups in total. The summed E-state index contributed by atoms with van der Waals surface area (Å²) in [6.07, 6.45) is 0.447. The quantitative estimate of drug-likeness (QED) is 0.331. The van der Waals surface area contributed by atoms with Gasteiger partial charge in [0.1, 0.15) is 5.57 Å². The fourth-order valence-corrected chi connectivity index (χ4v) is 0.213. The van der Waals surface area contributed by atoms with Crippen molar-refractivity contribution in [3.63, 3.8) is 0 Å². The monoisotopic (exact) mass is 131 g/mol. The summed E-state index contributed by atoms with van der Waals surface area (Å²) in [5, 5.41) is 17.6. The predicted molar refractivity (Wildman–Crippen MR) is 28.4 cm³/mol. The third-order valence-electron chi connectivity index (χ3n) is 0.636. The van der Waals surface area contributed by atoms with Gasteiger partial charge in [0.2, 0.25) is 6.20 Å². The molecule has 0 aromatic rings. The van der Waals surface area contributed by atoms with E-state index in [4.69, 9.17) is 5.11 Å². The Labute approximate surface area is 50.8 Å². The Morgan fingerprint density at radius 2 is 2.22 bits per heavy atom. The first-order valence-electron chi connectivity index (χ1n) is 2.09. The Kier molecular flexibility index (Phi) is 2.37. The van der Waals surface area contributed by atoms with E-state index in [-0.39, 0.29) is 5.57 Å². The van der Waals surface area contributed by atoms with Crippen LogP contribution in [0.25, 0.3) is 0 Å². The zero-order valence-electron chi connectivity index (χ0n) is 4.70. The van der Waals surface area contributed by atoms with E-state index < -0.39 is 10.9 Å². The zero-order chi connectivity index (χ0) is 7.44. The fraction of sp³-hybridized carbons (Fsp3) is 0.250. The third kappa shape index (κ3) is 3.22. The number of aliphatic carboxylic acids is 1. The van der Waals surface area contributed by atoms with Crippen LogP contribution in [-0.4, -0.2) is 16.0 Å². The van der Waals surface area contributed by atoms with Gasteiger partial charge in [-0.2, -0.15) is 0 Å². The van der Waals surface area contributed by atoms with Gasteiger partial charge in [-0.15, -0.1) is 0 Å². The molecule has 0 amide bonds. The van der Waals surface area contributed by atoms with Gasteiger partial charge in [-0.1, -0.05) is 0 Å². The van der Waals surface area contributed by atoms with E-state index in [0.29, 0.717) is 6.20 Å². The van der Waals surface area contributed by atoms with Crippen LogP contribution in [0.15, 0.2) is 11.8 Å². The van der Waals surface area contributed by atoms with E-state index >= 15 is 0 Å². The molecule has 0 spiro atoms. The third-order valence-corrected chi connectivity index (χ3v) is 0.636. The van der Waals surface area contributed by atoms with Crippen molar-refractivity contribution in [3.05, 3.63) is 21.9 Å². The van der Waals surface area contributed by atoms with Crippen LogP contribution in [0, 0.1) is 10.1 Å². The summed E-state index contributed by atoms with van der Waals surface area (Å²) in [6.45, 7) is 1.16. The van der Waals surface area contributed by atoms with E-state index in [9.17, 15) is 14.9 Å². The minimum atomic E-state index is -1.27. The standard InChI is InChI=1S/C4H5NO4/c1-3(4(6)7)2-5(8)9/h2H,1H3,(H,6,7). The summed E-state index contributed by atoms with van der Waals surface area (Å²) < 4.78 is 0. The molecule has 5 heteroatoms. The van der Waals surface area contributed by atoms with Crippen molar-refractivity contribution in [3.8, 4) is 0 Å². The molecule has 0 heterocycles. The second-order valence-corrected chi connectivity index (χ2v) is 1.40. The van der Waals surface area contributed by atoms with E-state index in [1.54, 1.807) is 0 Å². The highest BCUT2D eigenvalue weighted by molar-refractivity contribution is 5.85. The topological polar surface area (TPSA) is 80.4 Å². The van der Waals surface area contributed by atoms with Gasteiger partial charge in [0, 0.05) is 0 Å². The van der Waals surface area contributed by atoms with E-state index in [2.05, 4.69) is 0 Å². The summed E-state index contributed by atoms with van der Waals surface area (Å²) in [5.74, 6) is -1.27. The average Bonchev–Trinajstić information content (AvgIpc) is 1.63. The molecule has 0 fully saturated rings. The average molecular weight is 131 g/mol. The zero-order valence-corrected chi connectivity index (χ0v) is 4.70. The highest BCUT2D eigenvalue weighted by Gasteiger charge is 2.03. The number of rotatable bonds is 2. The van der Waals surface area contributed by atoms with Crippen LogP contribution >= 0.6 is 0 Å². The van der Waals surface area contributed by atoms with Gasteiger partial charge in [0.15, 0.2) is 0 Å². The van der Waals surface area contributed by atoms with Crippen LogP contribution in [0.1, 0.15) is 6.92 Å². The molecule has 0 atom stereocenters. The molecular formula is C4H5NO4. The summed E-state index contributed by atoms with van der Waals surface area (Å²) in [5.41, 5.74) is -0.278. The number of nitrogens with zero attached hydrogens (tertiary/aromatic N) is 1. The van der Waals surface area contributed by atoms with Crippen molar-refractivity contribution in [1.82, 2.24) is 0 Å². The normalized spacial score (nSPS) is 11.0. The molecular weight excluding hydrogens is 126 g/mol. The van der Waals surface area contributed by atoms with E-state index in [1.165, 1.54) is 0 Å². The molecule has 50 valence electrons. The van der Waals surface area contributed by atoms with Gasteiger partial charge in [0.25, 0.3) is 0 Å². The number of nitro groups is 1. The summed E-state index contributed by atoms with van der Waals surface area (Å²) in [6, 6.07) is 0. The Morgan fingerprint density at radius 3 is 2.33 bits per heavy atom. The molecule has 5 nitrogen and oxygen atoms in total. The molecule has 0 aliphatic carbocycles. The second kappa shape index (κ2) is 2.81. The lowest BCUT2D eigenvalue weighted by Crippen LogP contribution is -1.98. The van der Waals surface area contributed by atoms with Crippen LogP contribution in [0.5, 0.6) is 0 Å². The minimum Gasteiger partial charge on any atom is -0.478 e. The van der Waals surface area contributed by atoms with Crippen molar-refractivity contribution in [2.75, 3.05) is 0 Å². The number of carboxylic acid groups (broad SMARTS) is 1. The number of hydrogen-bond donors (Lipinski definition) is 1. The van der Waals surface area contributed by atoms with Crippen LogP contribution < -0.4 is 0 Å². The van der Waals surface area contributed by atoms with Gasteiger partial charge in [-0.05, 0) is 6.92 Å². The number of carbonyl (C=O) groups is 1. The summed E-state index contributed by atoms with van der Waals surface area (Å²) in [7, 11) is 0. The van der Waals surface area contributed by atoms with Gasteiger partial charge in [0.05, 0.1) is 4.92 Å². The number of carboxylic acids is 1. The van der Waals surface area contributed by atoms with Crippen molar-refractivity contribution in [2.45, 2.75) is 6.92 Å². The summed E-state index contributed by atoms with van der Waals surface area (Å²) in [4.78, 5) is 18.6. The van der Waals surface area contributed by atoms with Crippen molar-refractivity contribution < 1.29 is 14.8 Å². The number of hydrogen-bond acceptors (Lipinski definition) is 3. The first-order chi connectivity index (χ1) is 4.04. The van der Waals surface area contributed by atoms with Gasteiger partial charge < -0.3 is 5.11 Å². The summed E-state index contributed by atoms with van der Waals surface area (Å²) >= 11 is 0. The lowest BCUT2D eigenvalue weighted by molar-refractivity contribution is -0.403. The van der Waals surface area contributed by atoms with Gasteiger partial charge in [-0.3, -0.25) is 10.1 Å². The Balaban J connectivity index is 4.17. The molecule has 0 saturated carbocycles. The van der Waals surface area contributed by atoms with Gasteiger partial charge in [-0.25, -0.2) is 4.79 Å². The molecule has 9 heavy (non-hydrogen) atoms. The minimum absolute atomic E-state index is 0.278. The van der Waals surface area contributed by atoms with E-state index in [0.717, 1.165) is 6.92 Å². The lowest BCUT2D eigenvalue weighted by Gasteiger charge is -1.83. The highest BCUT2D eigenvalue weighted by Crippen LogP contribution is 1.90. The highest BCUT2D eigenvalue weighted by atomic mass is 16.6. The van der Waals surface area contributed by atoms with Crippen LogP contribution in [0.3, 0.4) is 0 Å². The lowest BCUT2D eigenvalue weighted by atomic mass is 10.3. The van der Waals surface area contributed by atoms with Crippen LogP contribution in [0.2, 0.25) is 0 Å². The predicted octanol–water partition coefficient (Wildman–Crippen LogP) is 0.252. The molecule has 0 aromatic carbocycles. The molecule has 0 radical (unpaired) electrons. The molecule has 0 saturated heterocycles. The largest absolute Gasteiger partial charge is 0.478 e. The maximum absolute atomic E-state index is 9.86. The molecule has 0 bridgehead atoms. The SMILES string of the molecule is CC(=C[N+](=O)[O-])C(=O)O. The Morgan fingerprint density at radius 1 is 1.78 bits per heavy atom. The molecule has 0 aromatic heterocycles. The first-order valence-corrected chi connectivity index (χ1v) is 2.09. The van der Waals surface area contributed by atoms with E-state index in [1.807, 2.05) is 0 Å². The molecule has 0 aliphatic heterocycles. The Hall–Kier alpha value is -1.39. The smallest absolute Gasteiger partial charge is 0.337 e. The maximum Gasteiger partial charge on any atom is 0.337 e. The molecule has 0 rings (SSSR count). The van der Waals surface area contributed by atoms with Crippen molar-refractivity contribution >= 4 is 5.97 Å². The van der Waals surface area contributed by atoms with Gasteiger partial charge >= 0.3 is 5.97 Å². The van der Waals surface area contributed by atoms with Crippen molar-refractivity contribution in [2.24, 2.45) is 0 Å². The Bertz CT molecular complexity index is 171. The van der Waals surface area contributed by atoms with Crippen LogP contribution in [0.4, 0.5) is 0 Å². The molecule has 0 aliphatic rings.